The van der Waals surface area contributed by atoms with Gasteiger partial charge in [-0.15, -0.1) is 0 Å². The molecule has 19 heavy (non-hydrogen) atoms. The van der Waals surface area contributed by atoms with Gasteiger partial charge in [-0.2, -0.15) is 10.2 Å². The van der Waals surface area contributed by atoms with Gasteiger partial charge in [0.05, 0.1) is 18.1 Å². The number of nitrogens with one attached hydrogen (secondary N) is 1. The Morgan fingerprint density at radius 1 is 1.32 bits per heavy atom. The third-order valence-corrected chi connectivity index (χ3v) is 3.13. The highest BCUT2D eigenvalue weighted by molar-refractivity contribution is 5.90. The van der Waals surface area contributed by atoms with Crippen molar-refractivity contribution in [3.8, 4) is 0 Å². The van der Waals surface area contributed by atoms with Crippen molar-refractivity contribution in [3.05, 3.63) is 30.4 Å². The zero-order valence-corrected chi connectivity index (χ0v) is 10.9. The van der Waals surface area contributed by atoms with Gasteiger partial charge in [0, 0.05) is 18.9 Å². The van der Waals surface area contributed by atoms with Crippen molar-refractivity contribution in [2.45, 2.75) is 32.9 Å². The lowest BCUT2D eigenvalue weighted by Crippen LogP contribution is -2.18. The SMILES string of the molecule is Cc1cnn(CC(=O)Nc2cnn(CC3CC3)c2)c1. The van der Waals surface area contributed by atoms with Crippen LogP contribution in [0.1, 0.15) is 18.4 Å². The van der Waals surface area contributed by atoms with Crippen LogP contribution in [0.3, 0.4) is 0 Å². The molecule has 0 atom stereocenters. The van der Waals surface area contributed by atoms with Gasteiger partial charge >= 0.3 is 0 Å². The van der Waals surface area contributed by atoms with Crippen molar-refractivity contribution in [1.82, 2.24) is 19.6 Å². The molecule has 1 aliphatic carbocycles. The van der Waals surface area contributed by atoms with Crippen molar-refractivity contribution in [2.75, 3.05) is 5.32 Å². The highest BCUT2D eigenvalue weighted by atomic mass is 16.2. The number of carbonyl (C=O) groups is 1. The molecular weight excluding hydrogens is 242 g/mol. The molecule has 1 amide bonds. The Morgan fingerprint density at radius 2 is 2.11 bits per heavy atom. The molecular formula is C13H17N5O. The first kappa shape index (κ1) is 12.0. The lowest BCUT2D eigenvalue weighted by atomic mass is 10.4. The second kappa shape index (κ2) is 4.87. The summed E-state index contributed by atoms with van der Waals surface area (Å²) in [4.78, 5) is 11.8. The molecule has 6 nitrogen and oxygen atoms in total. The standard InChI is InChI=1S/C13H17N5O/c1-10-4-14-17(6-10)9-13(19)16-12-5-15-18(8-12)7-11-2-3-11/h4-6,8,11H,2-3,7,9H2,1H3,(H,16,19). The van der Waals surface area contributed by atoms with E-state index in [1.54, 1.807) is 17.1 Å². The van der Waals surface area contributed by atoms with Gasteiger partial charge in [0.15, 0.2) is 0 Å². The Labute approximate surface area is 111 Å². The maximum absolute atomic E-state index is 11.8. The van der Waals surface area contributed by atoms with Crippen LogP contribution in [0.4, 0.5) is 5.69 Å². The molecule has 1 fully saturated rings. The van der Waals surface area contributed by atoms with E-state index >= 15 is 0 Å². The molecule has 0 aromatic carbocycles. The minimum absolute atomic E-state index is 0.0888. The van der Waals surface area contributed by atoms with Crippen molar-refractivity contribution in [3.63, 3.8) is 0 Å². The average Bonchev–Trinajstić information content (AvgIpc) is 2.91. The van der Waals surface area contributed by atoms with Gasteiger partial charge in [0.1, 0.15) is 6.54 Å². The van der Waals surface area contributed by atoms with Crippen LogP contribution in [0.2, 0.25) is 0 Å². The molecule has 2 aromatic heterocycles. The van der Waals surface area contributed by atoms with E-state index in [1.807, 2.05) is 24.0 Å². The third kappa shape index (κ3) is 3.21. The number of aromatic nitrogens is 4. The molecule has 100 valence electrons. The van der Waals surface area contributed by atoms with Crippen LogP contribution >= 0.6 is 0 Å². The van der Waals surface area contributed by atoms with Crippen LogP contribution < -0.4 is 5.32 Å². The van der Waals surface area contributed by atoms with Gasteiger partial charge in [-0.25, -0.2) is 0 Å². The zero-order valence-electron chi connectivity index (χ0n) is 10.9. The van der Waals surface area contributed by atoms with Gasteiger partial charge < -0.3 is 5.32 Å². The molecule has 0 unspecified atom stereocenters. The molecule has 0 spiro atoms. The molecule has 0 saturated heterocycles. The monoisotopic (exact) mass is 259 g/mol. The van der Waals surface area contributed by atoms with E-state index < -0.39 is 0 Å². The number of carbonyl (C=O) groups excluding carboxylic acids is 1. The van der Waals surface area contributed by atoms with E-state index in [4.69, 9.17) is 0 Å². The van der Waals surface area contributed by atoms with Crippen LogP contribution in [-0.2, 0) is 17.9 Å². The number of nitrogens with zero attached hydrogens (tertiary/aromatic N) is 4. The van der Waals surface area contributed by atoms with E-state index in [0.29, 0.717) is 0 Å². The molecule has 0 bridgehead atoms. The zero-order chi connectivity index (χ0) is 13.2. The number of hydrogen-bond acceptors (Lipinski definition) is 3. The molecule has 1 saturated carbocycles. The third-order valence-electron chi connectivity index (χ3n) is 3.13. The van der Waals surface area contributed by atoms with Crippen molar-refractivity contribution in [1.29, 1.82) is 0 Å². The van der Waals surface area contributed by atoms with E-state index in [2.05, 4.69) is 15.5 Å². The van der Waals surface area contributed by atoms with E-state index in [9.17, 15) is 4.79 Å². The summed E-state index contributed by atoms with van der Waals surface area (Å²) in [5, 5.41) is 11.2. The lowest BCUT2D eigenvalue weighted by Gasteiger charge is -2.02. The minimum Gasteiger partial charge on any atom is -0.322 e. The fraction of sp³-hybridized carbons (Fsp3) is 0.462. The van der Waals surface area contributed by atoms with Crippen LogP contribution in [-0.4, -0.2) is 25.5 Å². The largest absolute Gasteiger partial charge is 0.322 e. The minimum atomic E-state index is -0.0888. The maximum atomic E-state index is 11.8. The summed E-state index contributed by atoms with van der Waals surface area (Å²) in [6, 6.07) is 0. The fourth-order valence-electron chi connectivity index (χ4n) is 1.99. The summed E-state index contributed by atoms with van der Waals surface area (Å²) in [6.45, 7) is 3.12. The van der Waals surface area contributed by atoms with Crippen molar-refractivity contribution >= 4 is 11.6 Å². The molecule has 0 radical (unpaired) electrons. The quantitative estimate of drug-likeness (QED) is 0.883. The Balaban J connectivity index is 1.54. The fourth-order valence-corrected chi connectivity index (χ4v) is 1.99. The van der Waals surface area contributed by atoms with Crippen molar-refractivity contribution < 1.29 is 4.79 Å². The molecule has 2 aromatic rings. The molecule has 3 rings (SSSR count). The van der Waals surface area contributed by atoms with Gasteiger partial charge in [0.25, 0.3) is 0 Å². The maximum Gasteiger partial charge on any atom is 0.246 e. The topological polar surface area (TPSA) is 64.7 Å². The molecule has 0 aliphatic heterocycles. The van der Waals surface area contributed by atoms with Crippen LogP contribution in [0.5, 0.6) is 0 Å². The van der Waals surface area contributed by atoms with Crippen molar-refractivity contribution in [2.24, 2.45) is 5.92 Å². The summed E-state index contributed by atoms with van der Waals surface area (Å²) in [5.74, 6) is 0.685. The van der Waals surface area contributed by atoms with Gasteiger partial charge in [-0.05, 0) is 31.2 Å². The Morgan fingerprint density at radius 3 is 2.79 bits per heavy atom. The molecule has 1 aliphatic rings. The Kier molecular flexibility index (Phi) is 3.06. The van der Waals surface area contributed by atoms with Gasteiger partial charge in [-0.1, -0.05) is 0 Å². The number of amides is 1. The molecule has 1 N–H and O–H groups in total. The predicted molar refractivity (Wildman–Crippen MR) is 70.5 cm³/mol. The first-order chi connectivity index (χ1) is 9.19. The summed E-state index contributed by atoms with van der Waals surface area (Å²) in [5.41, 5.74) is 1.79. The van der Waals surface area contributed by atoms with Gasteiger partial charge in [0.2, 0.25) is 5.91 Å². The number of hydrogen-bond donors (Lipinski definition) is 1. The summed E-state index contributed by atoms with van der Waals surface area (Å²) in [6.07, 6.45) is 9.73. The van der Waals surface area contributed by atoms with Crippen LogP contribution in [0.25, 0.3) is 0 Å². The number of rotatable bonds is 5. The van der Waals surface area contributed by atoms with E-state index in [-0.39, 0.29) is 12.5 Å². The first-order valence-electron chi connectivity index (χ1n) is 6.50. The number of anilines is 1. The summed E-state index contributed by atoms with van der Waals surface area (Å²) < 4.78 is 3.52. The second-order valence-corrected chi connectivity index (χ2v) is 5.16. The molecule has 6 heteroatoms. The van der Waals surface area contributed by atoms with E-state index in [0.717, 1.165) is 23.7 Å². The molecule has 2 heterocycles. The van der Waals surface area contributed by atoms with Crippen LogP contribution in [0.15, 0.2) is 24.8 Å². The van der Waals surface area contributed by atoms with Gasteiger partial charge in [-0.3, -0.25) is 14.2 Å². The number of aryl methyl sites for hydroxylation is 1. The first-order valence-corrected chi connectivity index (χ1v) is 6.50. The highest BCUT2D eigenvalue weighted by Crippen LogP contribution is 2.30. The smallest absolute Gasteiger partial charge is 0.246 e. The summed E-state index contributed by atoms with van der Waals surface area (Å²) in [7, 11) is 0. The Hall–Kier alpha value is -2.11. The lowest BCUT2D eigenvalue weighted by molar-refractivity contribution is -0.116. The van der Waals surface area contributed by atoms with E-state index in [1.165, 1.54) is 12.8 Å². The average molecular weight is 259 g/mol. The predicted octanol–water partition coefficient (Wildman–Crippen LogP) is 1.44. The van der Waals surface area contributed by atoms with Crippen LogP contribution in [0, 0.1) is 12.8 Å². The normalized spacial score (nSPS) is 14.6. The second-order valence-electron chi connectivity index (χ2n) is 5.16. The Bertz CT molecular complexity index is 581. The summed E-state index contributed by atoms with van der Waals surface area (Å²) >= 11 is 0. The highest BCUT2D eigenvalue weighted by Gasteiger charge is 2.22.